The second-order valence-electron chi connectivity index (χ2n) is 9.67. The summed E-state index contributed by atoms with van der Waals surface area (Å²) in [5.41, 5.74) is 2.48. The molecule has 0 unspecified atom stereocenters. The predicted octanol–water partition coefficient (Wildman–Crippen LogP) is 5.14. The van der Waals surface area contributed by atoms with Crippen LogP contribution in [0.3, 0.4) is 0 Å². The number of hydrogen-bond donors (Lipinski definition) is 1. The van der Waals surface area contributed by atoms with Crippen LogP contribution >= 0.6 is 0 Å². The Kier molecular flexibility index (Phi) is 10.1. The number of rotatable bonds is 13. The Balaban J connectivity index is 1.92. The molecule has 3 aromatic rings. The molecule has 1 amide bonds. The van der Waals surface area contributed by atoms with Gasteiger partial charge in [0.25, 0.3) is 0 Å². The summed E-state index contributed by atoms with van der Waals surface area (Å²) in [6.07, 6.45) is -0.165. The van der Waals surface area contributed by atoms with E-state index >= 15 is 0 Å². The number of carbonyl (C=O) groups excluding carboxylic acids is 3. The second kappa shape index (κ2) is 14.8. The van der Waals surface area contributed by atoms with Gasteiger partial charge in [-0.25, -0.2) is 9.59 Å². The lowest BCUT2D eigenvalue weighted by molar-refractivity contribution is -0.166. The van der Waals surface area contributed by atoms with Crippen LogP contribution in [0.1, 0.15) is 62.2 Å². The summed E-state index contributed by atoms with van der Waals surface area (Å²) < 4.78 is 33.0. The minimum absolute atomic E-state index is 0.0416. The van der Waals surface area contributed by atoms with E-state index < -0.39 is 49.4 Å². The number of H-pyrrole nitrogens is 1. The molecule has 2 aromatic carbocycles. The number of carbonyl (C=O) groups is 3. The summed E-state index contributed by atoms with van der Waals surface area (Å²) in [6, 6.07) is 12.8. The molecule has 0 aliphatic carbocycles. The van der Waals surface area contributed by atoms with E-state index in [4.69, 9.17) is 17.0 Å². The molecule has 1 aromatic heterocycles. The predicted molar refractivity (Wildman–Crippen MR) is 147 cm³/mol. The van der Waals surface area contributed by atoms with Gasteiger partial charge in [0.05, 0.1) is 8.85 Å². The van der Waals surface area contributed by atoms with Gasteiger partial charge in [0.2, 0.25) is 18.5 Å². The molecule has 0 saturated carbocycles. The summed E-state index contributed by atoms with van der Waals surface area (Å²) in [6.45, 7) is 5.46. The number of amides is 1. The highest BCUT2D eigenvalue weighted by molar-refractivity contribution is 5.85. The third kappa shape index (κ3) is 8.36. The molecule has 0 saturated heterocycles. The van der Waals surface area contributed by atoms with Crippen LogP contribution in [0.2, 0.25) is 0 Å². The lowest BCUT2D eigenvalue weighted by atomic mass is 9.97. The molecule has 1 N–H and O–H groups in total. The van der Waals surface area contributed by atoms with Gasteiger partial charge >= 0.3 is 12.1 Å². The van der Waals surface area contributed by atoms with Crippen molar-refractivity contribution < 1.29 is 31.3 Å². The van der Waals surface area contributed by atoms with E-state index in [1.807, 2.05) is 31.2 Å². The zero-order valence-corrected chi connectivity index (χ0v) is 23.4. The van der Waals surface area contributed by atoms with Crippen molar-refractivity contribution in [3.63, 3.8) is 0 Å². The van der Waals surface area contributed by atoms with E-state index in [1.165, 1.54) is 0 Å². The molecule has 0 bridgehead atoms. The first-order valence-electron chi connectivity index (χ1n) is 14.2. The van der Waals surface area contributed by atoms with Crippen LogP contribution < -0.4 is 0 Å². The van der Waals surface area contributed by atoms with E-state index in [2.05, 4.69) is 20.6 Å². The normalized spacial score (nSPS) is 12.9. The monoisotopic (exact) mass is 553 g/mol. The number of nitrogens with one attached hydrogen (secondary N) is 1. The fourth-order valence-corrected chi connectivity index (χ4v) is 3.93. The Morgan fingerprint density at radius 1 is 1.00 bits per heavy atom. The van der Waals surface area contributed by atoms with E-state index in [0.29, 0.717) is 18.7 Å². The lowest BCUT2D eigenvalue weighted by Crippen LogP contribution is -2.48. The number of tetrazole rings is 1. The number of aromatic amines is 1. The average molecular weight is 554 g/mol. The average Bonchev–Trinajstić information content (AvgIpc) is 3.49. The van der Waals surface area contributed by atoms with Crippen molar-refractivity contribution in [2.24, 2.45) is 5.92 Å². The van der Waals surface area contributed by atoms with Gasteiger partial charge in [0, 0.05) is 18.5 Å². The number of ether oxygens (including phenoxy) is 3. The van der Waals surface area contributed by atoms with Crippen LogP contribution in [0, 0.1) is 5.92 Å². The number of nitrogens with zero attached hydrogens (tertiary/aromatic N) is 4. The molecule has 3 rings (SSSR count). The summed E-state index contributed by atoms with van der Waals surface area (Å²) in [4.78, 5) is 39.4. The van der Waals surface area contributed by atoms with Crippen molar-refractivity contribution in [1.29, 1.82) is 0 Å². The van der Waals surface area contributed by atoms with Crippen molar-refractivity contribution in [1.82, 2.24) is 25.5 Å². The van der Waals surface area contributed by atoms with E-state index in [-0.39, 0.29) is 12.0 Å². The fraction of sp³-hybridized carbons (Fsp3) is 0.448. The van der Waals surface area contributed by atoms with E-state index in [1.54, 1.807) is 52.0 Å². The first-order chi connectivity index (χ1) is 20.0. The van der Waals surface area contributed by atoms with Crippen molar-refractivity contribution in [3.8, 4) is 22.5 Å². The molecule has 1 atom stereocenters. The molecule has 214 valence electrons. The van der Waals surface area contributed by atoms with Gasteiger partial charge in [-0.1, -0.05) is 75.7 Å². The number of esters is 1. The van der Waals surface area contributed by atoms with E-state index in [0.717, 1.165) is 21.6 Å². The molecule has 11 heteroatoms. The molecule has 1 heterocycles. The minimum atomic E-state index is -2.39. The quantitative estimate of drug-likeness (QED) is 0.225. The SMILES string of the molecule is [2H]C([2H])(c1ccc(-c2ccccc2-c2nn[nH]n2)cc1)N(C(=O)CCCC)[C@H](C(=O)OCOC(=O)OC(C)C)C(C)C. The largest absolute Gasteiger partial charge is 0.511 e. The third-order valence-electron chi connectivity index (χ3n) is 5.83. The Hall–Kier alpha value is -4.28. The highest BCUT2D eigenvalue weighted by Gasteiger charge is 2.34. The zero-order valence-electron chi connectivity index (χ0n) is 25.4. The van der Waals surface area contributed by atoms with Crippen LogP contribution in [-0.2, 0) is 30.3 Å². The highest BCUT2D eigenvalue weighted by atomic mass is 16.8. The topological polar surface area (TPSA) is 137 Å². The number of unbranched alkanes of at least 4 members (excludes halogenated alkanes) is 1. The van der Waals surface area contributed by atoms with Crippen LogP contribution in [0.5, 0.6) is 0 Å². The molecule has 11 nitrogen and oxygen atoms in total. The first-order valence-corrected chi connectivity index (χ1v) is 13.2. The van der Waals surface area contributed by atoms with Crippen molar-refractivity contribution in [3.05, 3.63) is 54.1 Å². The van der Waals surface area contributed by atoms with Gasteiger partial charge in [-0.2, -0.15) is 5.21 Å². The van der Waals surface area contributed by atoms with Crippen LogP contribution in [0.25, 0.3) is 22.5 Å². The van der Waals surface area contributed by atoms with Gasteiger partial charge in [-0.3, -0.25) is 4.79 Å². The summed E-state index contributed by atoms with van der Waals surface area (Å²) in [5, 5.41) is 14.2. The second-order valence-corrected chi connectivity index (χ2v) is 9.67. The smallest absolute Gasteiger partial charge is 0.431 e. The Morgan fingerprint density at radius 2 is 1.70 bits per heavy atom. The van der Waals surface area contributed by atoms with Crippen LogP contribution in [-0.4, -0.2) is 62.5 Å². The molecular weight excluding hydrogens is 514 g/mol. The van der Waals surface area contributed by atoms with Crippen molar-refractivity contribution >= 4 is 18.0 Å². The molecule has 0 aliphatic rings. The third-order valence-corrected chi connectivity index (χ3v) is 5.83. The molecule has 0 radical (unpaired) electrons. The summed E-state index contributed by atoms with van der Waals surface area (Å²) in [7, 11) is 0. The number of benzene rings is 2. The Bertz CT molecular complexity index is 1330. The molecule has 0 spiro atoms. The maximum absolute atomic E-state index is 13.5. The van der Waals surface area contributed by atoms with Gasteiger partial charge < -0.3 is 19.1 Å². The van der Waals surface area contributed by atoms with Gasteiger partial charge in [-0.05, 0) is 48.1 Å². The number of hydrogen-bond acceptors (Lipinski definition) is 9. The zero-order chi connectivity index (χ0) is 30.9. The van der Waals surface area contributed by atoms with Crippen molar-refractivity contribution in [2.75, 3.05) is 6.79 Å². The first kappa shape index (κ1) is 27.3. The van der Waals surface area contributed by atoms with Gasteiger partial charge in [0.15, 0.2) is 0 Å². The van der Waals surface area contributed by atoms with Crippen molar-refractivity contribution in [2.45, 2.75) is 72.5 Å². The maximum atomic E-state index is 13.5. The van der Waals surface area contributed by atoms with Gasteiger partial charge in [-0.15, -0.1) is 10.2 Å². The molecular formula is C29H37N5O6. The molecule has 0 fully saturated rings. The molecule has 0 aliphatic heterocycles. The lowest BCUT2D eigenvalue weighted by Gasteiger charge is -2.33. The maximum Gasteiger partial charge on any atom is 0.511 e. The minimum Gasteiger partial charge on any atom is -0.431 e. The Labute approximate surface area is 237 Å². The van der Waals surface area contributed by atoms with Crippen LogP contribution in [0.15, 0.2) is 48.5 Å². The number of aromatic nitrogens is 4. The Morgan fingerprint density at radius 3 is 2.30 bits per heavy atom. The van der Waals surface area contributed by atoms with Crippen LogP contribution in [0.4, 0.5) is 4.79 Å². The molecule has 40 heavy (non-hydrogen) atoms. The standard InChI is InChI=1S/C29H37N5O6/c1-6-7-12-25(35)34(26(19(2)3)28(36)38-18-39-29(37)40-20(4)5)17-21-13-15-22(16-14-21)23-10-8-9-11-24(23)27-30-32-33-31-27/h8-11,13-16,19-20,26H,6-7,12,17-18H2,1-5H3,(H,30,31,32,33)/t26-/m0/s1/i17D2. The van der Waals surface area contributed by atoms with Gasteiger partial charge in [0.1, 0.15) is 6.04 Å². The summed E-state index contributed by atoms with van der Waals surface area (Å²) in [5.74, 6) is -1.55. The summed E-state index contributed by atoms with van der Waals surface area (Å²) >= 11 is 0. The highest BCUT2D eigenvalue weighted by Crippen LogP contribution is 2.30. The fourth-order valence-electron chi connectivity index (χ4n) is 3.93. The van der Waals surface area contributed by atoms with E-state index in [9.17, 15) is 14.4 Å².